The Labute approximate surface area is 117 Å². The molecular weight excluding hydrogens is 267 g/mol. The quantitative estimate of drug-likeness (QED) is 0.714. The van der Waals surface area contributed by atoms with E-state index in [1.165, 1.54) is 17.7 Å². The molecule has 0 heterocycles. The van der Waals surface area contributed by atoms with Crippen molar-refractivity contribution in [3.8, 4) is 5.75 Å². The highest BCUT2D eigenvalue weighted by Crippen LogP contribution is 2.25. The van der Waals surface area contributed by atoms with Crippen LogP contribution in [-0.4, -0.2) is 13.4 Å². The molecule has 0 aliphatic heterocycles. The van der Waals surface area contributed by atoms with E-state index in [4.69, 9.17) is 0 Å². The highest BCUT2D eigenvalue weighted by Gasteiger charge is 2.30. The maximum Gasteiger partial charge on any atom is 0.573 e. The lowest BCUT2D eigenvalue weighted by atomic mass is 10.2. The molecule has 1 rings (SSSR count). The van der Waals surface area contributed by atoms with E-state index in [0.717, 1.165) is 12.1 Å². The second kappa shape index (κ2) is 7.03. The van der Waals surface area contributed by atoms with Crippen molar-refractivity contribution in [1.82, 2.24) is 0 Å². The summed E-state index contributed by atoms with van der Waals surface area (Å²) in [5.74, 6) is -0.222. The van der Waals surface area contributed by atoms with Crippen molar-refractivity contribution in [3.05, 3.63) is 48.2 Å². The van der Waals surface area contributed by atoms with Crippen LogP contribution in [0.1, 0.15) is 20.3 Å². The molecule has 2 nitrogen and oxygen atoms in total. The molecule has 0 spiro atoms. The first-order chi connectivity index (χ1) is 9.31. The first kappa shape index (κ1) is 16.1. The molecule has 110 valence electrons. The molecule has 0 unspecified atom stereocenters. The number of hydrogen-bond donors (Lipinski definition) is 0. The van der Waals surface area contributed by atoms with Crippen LogP contribution < -0.4 is 9.64 Å². The summed E-state index contributed by atoms with van der Waals surface area (Å²) in [6.07, 6.45) is 2.07. The van der Waals surface area contributed by atoms with Crippen LogP contribution in [-0.2, 0) is 0 Å². The van der Waals surface area contributed by atoms with Crippen LogP contribution in [0.2, 0.25) is 0 Å². The number of hydrogen-bond acceptors (Lipinski definition) is 2. The average Bonchev–Trinajstić information content (AvgIpc) is 2.37. The van der Waals surface area contributed by atoms with Crippen LogP contribution in [0.5, 0.6) is 5.75 Å². The van der Waals surface area contributed by atoms with Crippen molar-refractivity contribution in [2.24, 2.45) is 0 Å². The Morgan fingerprint density at radius 1 is 1.25 bits per heavy atom. The normalized spacial score (nSPS) is 12.8. The van der Waals surface area contributed by atoms with Crippen molar-refractivity contribution in [2.75, 3.05) is 11.9 Å². The lowest BCUT2D eigenvalue weighted by molar-refractivity contribution is -0.274. The third kappa shape index (κ3) is 5.82. The van der Waals surface area contributed by atoms with Crippen molar-refractivity contribution in [3.63, 3.8) is 0 Å². The fourth-order valence-corrected chi connectivity index (χ4v) is 1.42. The summed E-state index contributed by atoms with van der Waals surface area (Å²) in [5, 5.41) is 0. The van der Waals surface area contributed by atoms with Crippen LogP contribution in [0.25, 0.3) is 0 Å². The minimum absolute atomic E-state index is 0.222. The first-order valence-electron chi connectivity index (χ1n) is 6.24. The Morgan fingerprint density at radius 3 is 2.35 bits per heavy atom. The number of anilines is 1. The Bertz CT molecular complexity index is 475. The molecular formula is C15H18F3NO. The number of benzene rings is 1. The SMILES string of the molecule is CC/C(C)=C/C=C\N(C)c1ccc(OC(F)(F)F)cc1. The number of ether oxygens (including phenoxy) is 1. The van der Waals surface area contributed by atoms with Gasteiger partial charge in [-0.2, -0.15) is 0 Å². The molecule has 0 radical (unpaired) electrons. The van der Waals surface area contributed by atoms with Gasteiger partial charge in [-0.1, -0.05) is 18.6 Å². The number of alkyl halides is 3. The summed E-state index contributed by atoms with van der Waals surface area (Å²) in [4.78, 5) is 1.82. The van der Waals surface area contributed by atoms with Crippen molar-refractivity contribution < 1.29 is 17.9 Å². The molecule has 0 atom stereocenters. The van der Waals surface area contributed by atoms with Crippen molar-refractivity contribution >= 4 is 5.69 Å². The fraction of sp³-hybridized carbons (Fsp3) is 0.333. The Balaban J connectivity index is 2.68. The summed E-state index contributed by atoms with van der Waals surface area (Å²) in [7, 11) is 1.82. The molecule has 5 heteroatoms. The molecule has 0 N–H and O–H groups in total. The lowest BCUT2D eigenvalue weighted by Gasteiger charge is -2.15. The van der Waals surface area contributed by atoms with Gasteiger partial charge in [0.25, 0.3) is 0 Å². The van der Waals surface area contributed by atoms with Gasteiger partial charge in [-0.3, -0.25) is 0 Å². The zero-order chi connectivity index (χ0) is 15.2. The van der Waals surface area contributed by atoms with Gasteiger partial charge < -0.3 is 9.64 Å². The van der Waals surface area contributed by atoms with Crippen molar-refractivity contribution in [1.29, 1.82) is 0 Å². The molecule has 0 fully saturated rings. The standard InChI is InChI=1S/C15H18F3NO/c1-4-12(2)6-5-11-19(3)13-7-9-14(10-8-13)20-15(16,17)18/h5-11H,4H2,1-3H3/b11-5-,12-6+. The van der Waals surface area contributed by atoms with Gasteiger partial charge in [-0.25, -0.2) is 0 Å². The topological polar surface area (TPSA) is 12.5 Å². The van der Waals surface area contributed by atoms with E-state index >= 15 is 0 Å². The maximum absolute atomic E-state index is 12.0. The first-order valence-corrected chi connectivity index (χ1v) is 6.24. The van der Waals surface area contributed by atoms with Gasteiger partial charge in [-0.05, 0) is 43.7 Å². The summed E-state index contributed by atoms with van der Waals surface area (Å²) in [6.45, 7) is 4.11. The van der Waals surface area contributed by atoms with Crippen LogP contribution in [0, 0.1) is 0 Å². The van der Waals surface area contributed by atoms with E-state index in [1.807, 2.05) is 37.2 Å². The Kier molecular flexibility index (Phi) is 5.67. The predicted octanol–water partition coefficient (Wildman–Crippen LogP) is 4.89. The van der Waals surface area contributed by atoms with Crippen LogP contribution in [0.4, 0.5) is 18.9 Å². The smallest absolute Gasteiger partial charge is 0.406 e. The van der Waals surface area contributed by atoms with Gasteiger partial charge in [0, 0.05) is 18.9 Å². The van der Waals surface area contributed by atoms with Crippen LogP contribution in [0.3, 0.4) is 0 Å². The average molecular weight is 285 g/mol. The zero-order valence-electron chi connectivity index (χ0n) is 11.7. The molecule has 1 aromatic carbocycles. The van der Waals surface area contributed by atoms with Gasteiger partial charge in [0.1, 0.15) is 5.75 Å². The number of halogens is 3. The highest BCUT2D eigenvalue weighted by molar-refractivity contribution is 5.50. The van der Waals surface area contributed by atoms with Crippen LogP contribution in [0.15, 0.2) is 48.2 Å². The highest BCUT2D eigenvalue weighted by atomic mass is 19.4. The predicted molar refractivity (Wildman–Crippen MR) is 74.7 cm³/mol. The van der Waals surface area contributed by atoms with E-state index in [2.05, 4.69) is 11.7 Å². The maximum atomic E-state index is 12.0. The second-order valence-corrected chi connectivity index (χ2v) is 4.36. The second-order valence-electron chi connectivity index (χ2n) is 4.36. The van der Waals surface area contributed by atoms with Gasteiger partial charge in [0.15, 0.2) is 0 Å². The number of rotatable bonds is 5. The molecule has 20 heavy (non-hydrogen) atoms. The summed E-state index contributed by atoms with van der Waals surface area (Å²) in [5.41, 5.74) is 2.03. The minimum atomic E-state index is -4.66. The van der Waals surface area contributed by atoms with E-state index < -0.39 is 6.36 Å². The molecule has 1 aromatic rings. The van der Waals surface area contributed by atoms with Gasteiger partial charge >= 0.3 is 6.36 Å². The number of allylic oxidation sites excluding steroid dienone is 3. The van der Waals surface area contributed by atoms with Crippen molar-refractivity contribution in [2.45, 2.75) is 26.6 Å². The summed E-state index contributed by atoms with van der Waals surface area (Å²) < 4.78 is 39.9. The van der Waals surface area contributed by atoms with E-state index in [1.54, 1.807) is 12.1 Å². The minimum Gasteiger partial charge on any atom is -0.406 e. The zero-order valence-corrected chi connectivity index (χ0v) is 11.7. The third-order valence-electron chi connectivity index (χ3n) is 2.73. The molecule has 0 aliphatic rings. The molecule has 0 saturated heterocycles. The van der Waals surface area contributed by atoms with E-state index in [-0.39, 0.29) is 5.75 Å². The number of nitrogens with zero attached hydrogens (tertiary/aromatic N) is 1. The van der Waals surface area contributed by atoms with Gasteiger partial charge in [0.2, 0.25) is 0 Å². The largest absolute Gasteiger partial charge is 0.573 e. The lowest BCUT2D eigenvalue weighted by Crippen LogP contribution is -2.17. The summed E-state index contributed by atoms with van der Waals surface area (Å²) in [6, 6.07) is 5.73. The third-order valence-corrected chi connectivity index (χ3v) is 2.73. The molecule has 0 aromatic heterocycles. The molecule has 0 aliphatic carbocycles. The Morgan fingerprint density at radius 2 is 1.85 bits per heavy atom. The van der Waals surface area contributed by atoms with E-state index in [9.17, 15) is 13.2 Å². The molecule has 0 amide bonds. The molecule has 0 bridgehead atoms. The monoisotopic (exact) mass is 285 g/mol. The van der Waals surface area contributed by atoms with Gasteiger partial charge in [0.05, 0.1) is 0 Å². The summed E-state index contributed by atoms with van der Waals surface area (Å²) >= 11 is 0. The fourth-order valence-electron chi connectivity index (χ4n) is 1.42. The van der Waals surface area contributed by atoms with E-state index in [0.29, 0.717) is 0 Å². The molecule has 0 saturated carbocycles. The van der Waals surface area contributed by atoms with Crippen LogP contribution >= 0.6 is 0 Å². The Hall–Kier alpha value is -1.91. The van der Waals surface area contributed by atoms with Gasteiger partial charge in [-0.15, -0.1) is 13.2 Å².